The first-order valence-corrected chi connectivity index (χ1v) is 7.46. The van der Waals surface area contributed by atoms with Crippen LogP contribution in [0.5, 0.6) is 0 Å². The molecule has 0 saturated heterocycles. The minimum atomic E-state index is -1.11. The Kier molecular flexibility index (Phi) is 5.10. The average molecular weight is 317 g/mol. The SMILES string of the molecule is CCCCC(NC(=O)c1cnc2c(C)cccn2c1=O)C(=O)O. The Bertz CT molecular complexity index is 798. The lowest BCUT2D eigenvalue weighted by Crippen LogP contribution is -2.43. The van der Waals surface area contributed by atoms with E-state index in [9.17, 15) is 14.4 Å². The first-order valence-electron chi connectivity index (χ1n) is 7.46. The molecule has 0 fully saturated rings. The number of carboxylic acid groups (broad SMARTS) is 1. The van der Waals surface area contributed by atoms with Gasteiger partial charge >= 0.3 is 5.97 Å². The summed E-state index contributed by atoms with van der Waals surface area (Å²) in [6.45, 7) is 3.75. The lowest BCUT2D eigenvalue weighted by molar-refractivity contribution is -0.139. The Morgan fingerprint density at radius 3 is 2.83 bits per heavy atom. The molecular weight excluding hydrogens is 298 g/mol. The van der Waals surface area contributed by atoms with E-state index in [1.807, 2.05) is 19.9 Å². The molecule has 2 aromatic heterocycles. The normalized spacial score (nSPS) is 12.1. The van der Waals surface area contributed by atoms with Gasteiger partial charge in [0.25, 0.3) is 11.5 Å². The van der Waals surface area contributed by atoms with E-state index in [1.54, 1.807) is 6.07 Å². The molecule has 1 amide bonds. The van der Waals surface area contributed by atoms with E-state index < -0.39 is 23.5 Å². The molecule has 0 aromatic carbocycles. The molecule has 0 aliphatic rings. The Balaban J connectivity index is 2.32. The Labute approximate surface area is 133 Å². The average Bonchev–Trinajstić information content (AvgIpc) is 2.52. The van der Waals surface area contributed by atoms with Crippen molar-refractivity contribution in [3.05, 3.63) is 46.0 Å². The Morgan fingerprint density at radius 1 is 1.43 bits per heavy atom. The fourth-order valence-electron chi connectivity index (χ4n) is 2.30. The number of amides is 1. The fourth-order valence-corrected chi connectivity index (χ4v) is 2.30. The lowest BCUT2D eigenvalue weighted by Gasteiger charge is -2.14. The van der Waals surface area contributed by atoms with Crippen molar-refractivity contribution in [2.24, 2.45) is 0 Å². The molecule has 2 rings (SSSR count). The van der Waals surface area contributed by atoms with Gasteiger partial charge < -0.3 is 10.4 Å². The standard InChI is InChI=1S/C16H19N3O4/c1-3-4-7-12(16(22)23)18-14(20)11-9-17-13-10(2)6-5-8-19(13)15(11)21/h5-6,8-9,12H,3-4,7H2,1-2H3,(H,18,20)(H,22,23). The molecule has 0 saturated carbocycles. The monoisotopic (exact) mass is 317 g/mol. The number of hydrogen-bond acceptors (Lipinski definition) is 4. The molecule has 7 nitrogen and oxygen atoms in total. The summed E-state index contributed by atoms with van der Waals surface area (Å²) in [6, 6.07) is 2.49. The van der Waals surface area contributed by atoms with E-state index in [0.717, 1.165) is 12.0 Å². The highest BCUT2D eigenvalue weighted by atomic mass is 16.4. The highest BCUT2D eigenvalue weighted by Gasteiger charge is 2.22. The van der Waals surface area contributed by atoms with E-state index in [2.05, 4.69) is 10.3 Å². The number of nitrogens with one attached hydrogen (secondary N) is 1. The third-order valence-electron chi connectivity index (χ3n) is 3.62. The van der Waals surface area contributed by atoms with E-state index >= 15 is 0 Å². The van der Waals surface area contributed by atoms with Crippen LogP contribution in [0.4, 0.5) is 0 Å². The molecule has 2 heterocycles. The summed E-state index contributed by atoms with van der Waals surface area (Å²) in [4.78, 5) is 40.0. The summed E-state index contributed by atoms with van der Waals surface area (Å²) in [5.41, 5.74) is 0.587. The molecule has 2 aromatic rings. The van der Waals surface area contributed by atoms with Crippen LogP contribution in [0.1, 0.15) is 42.1 Å². The zero-order valence-corrected chi connectivity index (χ0v) is 13.1. The molecule has 0 aliphatic carbocycles. The van der Waals surface area contributed by atoms with Gasteiger partial charge in [-0.1, -0.05) is 25.8 Å². The van der Waals surface area contributed by atoms with Crippen LogP contribution in [0.15, 0.2) is 29.3 Å². The van der Waals surface area contributed by atoms with E-state index in [0.29, 0.717) is 18.5 Å². The third-order valence-corrected chi connectivity index (χ3v) is 3.62. The largest absolute Gasteiger partial charge is 0.480 e. The van der Waals surface area contributed by atoms with Gasteiger partial charge in [-0.3, -0.25) is 14.0 Å². The van der Waals surface area contributed by atoms with Gasteiger partial charge in [-0.2, -0.15) is 0 Å². The van der Waals surface area contributed by atoms with Crippen LogP contribution in [0.2, 0.25) is 0 Å². The van der Waals surface area contributed by atoms with Crippen LogP contribution < -0.4 is 10.9 Å². The summed E-state index contributed by atoms with van der Waals surface area (Å²) >= 11 is 0. The van der Waals surface area contributed by atoms with Gasteiger partial charge in [0.15, 0.2) is 0 Å². The summed E-state index contributed by atoms with van der Waals surface area (Å²) in [7, 11) is 0. The topological polar surface area (TPSA) is 101 Å². The molecule has 23 heavy (non-hydrogen) atoms. The van der Waals surface area contributed by atoms with Crippen molar-refractivity contribution in [2.75, 3.05) is 0 Å². The maximum Gasteiger partial charge on any atom is 0.326 e. The second-order valence-corrected chi connectivity index (χ2v) is 5.37. The highest BCUT2D eigenvalue weighted by molar-refractivity contribution is 5.96. The quantitative estimate of drug-likeness (QED) is 0.838. The van der Waals surface area contributed by atoms with Crippen LogP contribution in [-0.2, 0) is 4.79 Å². The number of rotatable bonds is 6. The van der Waals surface area contributed by atoms with Crippen molar-refractivity contribution in [1.29, 1.82) is 0 Å². The smallest absolute Gasteiger partial charge is 0.326 e. The van der Waals surface area contributed by atoms with Gasteiger partial charge in [0.2, 0.25) is 0 Å². The first kappa shape index (κ1) is 16.7. The zero-order chi connectivity index (χ0) is 17.0. The summed E-state index contributed by atoms with van der Waals surface area (Å²) in [5, 5.41) is 11.6. The number of aryl methyl sites for hydroxylation is 1. The van der Waals surface area contributed by atoms with Gasteiger partial charge in [0.1, 0.15) is 17.3 Å². The Morgan fingerprint density at radius 2 is 2.17 bits per heavy atom. The fraction of sp³-hybridized carbons (Fsp3) is 0.375. The van der Waals surface area contributed by atoms with Crippen LogP contribution in [-0.4, -0.2) is 32.4 Å². The molecule has 0 spiro atoms. The van der Waals surface area contributed by atoms with Crippen molar-refractivity contribution < 1.29 is 14.7 Å². The maximum absolute atomic E-state index is 12.4. The van der Waals surface area contributed by atoms with Crippen molar-refractivity contribution in [2.45, 2.75) is 39.2 Å². The second-order valence-electron chi connectivity index (χ2n) is 5.37. The van der Waals surface area contributed by atoms with Crippen LogP contribution in [0, 0.1) is 6.92 Å². The number of fused-ring (bicyclic) bond motifs is 1. The number of carboxylic acids is 1. The van der Waals surface area contributed by atoms with Gasteiger partial charge in [-0.05, 0) is 25.0 Å². The maximum atomic E-state index is 12.4. The van der Waals surface area contributed by atoms with Gasteiger partial charge in [-0.15, -0.1) is 0 Å². The first-order chi connectivity index (χ1) is 11.0. The minimum absolute atomic E-state index is 0.171. The molecular formula is C16H19N3O4. The minimum Gasteiger partial charge on any atom is -0.480 e. The van der Waals surface area contributed by atoms with Gasteiger partial charge in [0, 0.05) is 12.4 Å². The highest BCUT2D eigenvalue weighted by Crippen LogP contribution is 2.06. The second kappa shape index (κ2) is 7.04. The molecule has 122 valence electrons. The van der Waals surface area contributed by atoms with Crippen LogP contribution in [0.3, 0.4) is 0 Å². The van der Waals surface area contributed by atoms with E-state index in [1.165, 1.54) is 16.8 Å². The molecule has 2 N–H and O–H groups in total. The van der Waals surface area contributed by atoms with Crippen molar-refractivity contribution in [3.8, 4) is 0 Å². The summed E-state index contributed by atoms with van der Waals surface area (Å²) < 4.78 is 1.28. The Hall–Kier alpha value is -2.70. The van der Waals surface area contributed by atoms with Crippen LogP contribution in [0.25, 0.3) is 5.65 Å². The number of unbranched alkanes of at least 4 members (excludes halogenated alkanes) is 1. The number of aromatic nitrogens is 2. The van der Waals surface area contributed by atoms with Gasteiger partial charge in [0.05, 0.1) is 0 Å². The van der Waals surface area contributed by atoms with Crippen molar-refractivity contribution >= 4 is 17.5 Å². The molecule has 1 unspecified atom stereocenters. The molecule has 0 radical (unpaired) electrons. The zero-order valence-electron chi connectivity index (χ0n) is 13.1. The van der Waals surface area contributed by atoms with Crippen molar-refractivity contribution in [1.82, 2.24) is 14.7 Å². The lowest BCUT2D eigenvalue weighted by atomic mass is 10.1. The predicted molar refractivity (Wildman–Crippen MR) is 84.6 cm³/mol. The summed E-state index contributed by atoms with van der Waals surface area (Å²) in [5.74, 6) is -1.83. The number of carbonyl (C=O) groups excluding carboxylic acids is 1. The number of pyridine rings is 1. The van der Waals surface area contributed by atoms with Crippen molar-refractivity contribution in [3.63, 3.8) is 0 Å². The molecule has 7 heteroatoms. The molecule has 0 aliphatic heterocycles. The number of carbonyl (C=O) groups is 2. The number of hydrogen-bond donors (Lipinski definition) is 2. The number of aliphatic carboxylic acids is 1. The van der Waals surface area contributed by atoms with Gasteiger partial charge in [-0.25, -0.2) is 9.78 Å². The summed E-state index contributed by atoms with van der Waals surface area (Å²) in [6.07, 6.45) is 4.53. The van der Waals surface area contributed by atoms with E-state index in [-0.39, 0.29) is 5.56 Å². The number of nitrogens with zero attached hydrogens (tertiary/aromatic N) is 2. The molecule has 0 bridgehead atoms. The van der Waals surface area contributed by atoms with Crippen LogP contribution >= 0.6 is 0 Å². The predicted octanol–water partition coefficient (Wildman–Crippen LogP) is 1.38. The van der Waals surface area contributed by atoms with E-state index in [4.69, 9.17) is 5.11 Å². The third kappa shape index (κ3) is 3.56. The molecule has 1 atom stereocenters.